The minimum absolute atomic E-state index is 0.144. The van der Waals surface area contributed by atoms with Crippen LogP contribution < -0.4 is 21.6 Å². The SMILES string of the molecule is CCCCOC(=O)NC/C(=C(/N)c1ccc(OC2CCCCC2)c(C)n1)N(C)N. The lowest BCUT2D eigenvalue weighted by molar-refractivity contribution is 0.145. The van der Waals surface area contributed by atoms with Crippen molar-refractivity contribution < 1.29 is 14.3 Å². The summed E-state index contributed by atoms with van der Waals surface area (Å²) in [5.41, 5.74) is 8.63. The zero-order chi connectivity index (χ0) is 21.2. The van der Waals surface area contributed by atoms with Gasteiger partial charge in [-0.15, -0.1) is 0 Å². The molecular formula is C21H35N5O3. The highest BCUT2D eigenvalue weighted by Gasteiger charge is 2.17. The van der Waals surface area contributed by atoms with Crippen LogP contribution in [0.1, 0.15) is 63.3 Å². The average Bonchev–Trinajstić information content (AvgIpc) is 2.70. The smallest absolute Gasteiger partial charge is 0.407 e. The van der Waals surface area contributed by atoms with Crippen LogP contribution in [-0.4, -0.2) is 42.4 Å². The van der Waals surface area contributed by atoms with Gasteiger partial charge in [-0.25, -0.2) is 15.6 Å². The Morgan fingerprint density at radius 3 is 2.66 bits per heavy atom. The van der Waals surface area contributed by atoms with Gasteiger partial charge in [0.15, 0.2) is 0 Å². The number of ether oxygens (including phenoxy) is 2. The van der Waals surface area contributed by atoms with Crippen LogP contribution in [0.25, 0.3) is 5.70 Å². The maximum atomic E-state index is 11.8. The Labute approximate surface area is 173 Å². The van der Waals surface area contributed by atoms with Crippen LogP contribution in [0.15, 0.2) is 17.8 Å². The van der Waals surface area contributed by atoms with Crippen LogP contribution in [0, 0.1) is 6.92 Å². The summed E-state index contributed by atoms with van der Waals surface area (Å²) in [7, 11) is 1.67. The van der Waals surface area contributed by atoms with Gasteiger partial charge in [0, 0.05) is 7.05 Å². The molecule has 0 spiro atoms. The molecule has 5 N–H and O–H groups in total. The second kappa shape index (κ2) is 11.5. The van der Waals surface area contributed by atoms with Crippen molar-refractivity contribution in [1.82, 2.24) is 15.3 Å². The van der Waals surface area contributed by atoms with Gasteiger partial charge in [0.1, 0.15) is 5.75 Å². The molecule has 0 bridgehead atoms. The van der Waals surface area contributed by atoms with Gasteiger partial charge >= 0.3 is 6.09 Å². The number of hydrogen-bond donors (Lipinski definition) is 3. The van der Waals surface area contributed by atoms with E-state index in [4.69, 9.17) is 21.1 Å². The predicted octanol–water partition coefficient (Wildman–Crippen LogP) is 3.06. The molecule has 8 heteroatoms. The summed E-state index contributed by atoms with van der Waals surface area (Å²) in [6, 6.07) is 3.73. The van der Waals surface area contributed by atoms with Crippen LogP contribution in [0.5, 0.6) is 5.75 Å². The first-order valence-electron chi connectivity index (χ1n) is 10.4. The largest absolute Gasteiger partial charge is 0.489 e. The normalized spacial score (nSPS) is 15.4. The lowest BCUT2D eigenvalue weighted by atomic mass is 9.98. The number of likely N-dealkylation sites (N-methyl/N-ethyl adjacent to an activating group) is 1. The van der Waals surface area contributed by atoms with Gasteiger partial charge in [-0.1, -0.05) is 19.8 Å². The summed E-state index contributed by atoms with van der Waals surface area (Å²) in [5.74, 6) is 6.71. The zero-order valence-corrected chi connectivity index (χ0v) is 17.9. The maximum Gasteiger partial charge on any atom is 0.407 e. The van der Waals surface area contributed by atoms with Crippen molar-refractivity contribution in [3.05, 3.63) is 29.2 Å². The van der Waals surface area contributed by atoms with Gasteiger partial charge in [0.05, 0.1) is 42.0 Å². The van der Waals surface area contributed by atoms with Crippen LogP contribution in [0.2, 0.25) is 0 Å². The van der Waals surface area contributed by atoms with Gasteiger partial charge in [-0.2, -0.15) is 0 Å². The summed E-state index contributed by atoms with van der Waals surface area (Å²) in [6.45, 7) is 4.47. The van der Waals surface area contributed by atoms with Crippen molar-refractivity contribution >= 4 is 11.8 Å². The zero-order valence-electron chi connectivity index (χ0n) is 17.9. The fraction of sp³-hybridized carbons (Fsp3) is 0.619. The Morgan fingerprint density at radius 1 is 1.31 bits per heavy atom. The number of aryl methyl sites for hydroxylation is 1. The third-order valence-electron chi connectivity index (χ3n) is 5.03. The van der Waals surface area contributed by atoms with Gasteiger partial charge in [0.25, 0.3) is 0 Å². The fourth-order valence-corrected chi connectivity index (χ4v) is 3.26. The molecule has 162 valence electrons. The molecule has 8 nitrogen and oxygen atoms in total. The number of amides is 1. The maximum absolute atomic E-state index is 11.8. The number of hydrazine groups is 1. The fourth-order valence-electron chi connectivity index (χ4n) is 3.26. The number of carbonyl (C=O) groups is 1. The van der Waals surface area contributed by atoms with E-state index in [1.165, 1.54) is 24.3 Å². The number of carbonyl (C=O) groups excluding carboxylic acids is 1. The first kappa shape index (κ1) is 22.8. The molecule has 0 aliphatic heterocycles. The standard InChI is InChI=1S/C21H35N5O3/c1-4-5-13-28-21(27)24-14-18(26(3)23)20(22)17-11-12-19(15(2)25-17)29-16-9-7-6-8-10-16/h11-12,16H,4-10,13-14,22-23H2,1-3H3,(H,24,27)/b20-18-. The number of pyridine rings is 1. The minimum Gasteiger partial charge on any atom is -0.489 e. The second-order valence-electron chi connectivity index (χ2n) is 7.47. The molecule has 0 unspecified atom stereocenters. The lowest BCUT2D eigenvalue weighted by Crippen LogP contribution is -2.36. The Bertz CT molecular complexity index is 700. The number of nitrogens with one attached hydrogen (secondary N) is 1. The first-order valence-corrected chi connectivity index (χ1v) is 10.4. The number of nitrogens with two attached hydrogens (primary N) is 2. The van der Waals surface area contributed by atoms with Crippen molar-refractivity contribution in [3.8, 4) is 5.75 Å². The Balaban J connectivity index is 2.06. The van der Waals surface area contributed by atoms with Crippen LogP contribution >= 0.6 is 0 Å². The van der Waals surface area contributed by atoms with Crippen molar-refractivity contribution in [3.63, 3.8) is 0 Å². The number of rotatable bonds is 9. The molecule has 1 aromatic rings. The van der Waals surface area contributed by atoms with Gasteiger partial charge < -0.3 is 25.5 Å². The molecule has 2 rings (SSSR count). The molecule has 1 heterocycles. The Morgan fingerprint density at radius 2 is 2.03 bits per heavy atom. The van der Waals surface area contributed by atoms with Crippen LogP contribution in [-0.2, 0) is 4.74 Å². The van der Waals surface area contributed by atoms with E-state index < -0.39 is 6.09 Å². The van der Waals surface area contributed by atoms with Crippen molar-refractivity contribution in [1.29, 1.82) is 0 Å². The molecule has 29 heavy (non-hydrogen) atoms. The highest BCUT2D eigenvalue weighted by molar-refractivity contribution is 5.69. The van der Waals surface area contributed by atoms with Crippen molar-refractivity contribution in [2.24, 2.45) is 11.6 Å². The van der Waals surface area contributed by atoms with E-state index in [1.807, 2.05) is 26.0 Å². The van der Waals surface area contributed by atoms with Gasteiger partial charge in [-0.05, 0) is 51.2 Å². The summed E-state index contributed by atoms with van der Waals surface area (Å²) in [4.78, 5) is 16.4. The van der Waals surface area contributed by atoms with Gasteiger partial charge in [-0.3, -0.25) is 0 Å². The molecule has 1 aliphatic rings. The van der Waals surface area contributed by atoms with E-state index in [0.29, 0.717) is 23.7 Å². The minimum atomic E-state index is -0.494. The van der Waals surface area contributed by atoms with E-state index in [2.05, 4.69) is 10.3 Å². The van der Waals surface area contributed by atoms with Crippen LogP contribution in [0.4, 0.5) is 4.79 Å². The summed E-state index contributed by atoms with van der Waals surface area (Å²) < 4.78 is 11.2. The highest BCUT2D eigenvalue weighted by atomic mass is 16.5. The molecule has 1 amide bonds. The third-order valence-corrected chi connectivity index (χ3v) is 5.03. The topological polar surface area (TPSA) is 116 Å². The molecule has 0 radical (unpaired) electrons. The second-order valence-corrected chi connectivity index (χ2v) is 7.47. The summed E-state index contributed by atoms with van der Waals surface area (Å²) in [5, 5.41) is 4.06. The van der Waals surface area contributed by atoms with E-state index in [0.717, 1.165) is 37.1 Å². The van der Waals surface area contributed by atoms with E-state index >= 15 is 0 Å². The molecule has 1 aromatic heterocycles. The first-order chi connectivity index (χ1) is 13.9. The number of unbranched alkanes of at least 4 members (excludes halogenated alkanes) is 1. The quantitative estimate of drug-likeness (QED) is 0.328. The number of aromatic nitrogens is 1. The molecule has 1 aliphatic carbocycles. The average molecular weight is 406 g/mol. The molecule has 0 atom stereocenters. The van der Waals surface area contributed by atoms with Gasteiger partial charge in [0.2, 0.25) is 0 Å². The van der Waals surface area contributed by atoms with E-state index in [9.17, 15) is 4.79 Å². The monoisotopic (exact) mass is 405 g/mol. The number of hydrogen-bond acceptors (Lipinski definition) is 7. The Kier molecular flexibility index (Phi) is 9.05. The lowest BCUT2D eigenvalue weighted by Gasteiger charge is -2.24. The number of nitrogens with zero attached hydrogens (tertiary/aromatic N) is 2. The molecule has 0 aromatic carbocycles. The molecule has 1 saturated carbocycles. The predicted molar refractivity (Wildman–Crippen MR) is 114 cm³/mol. The highest BCUT2D eigenvalue weighted by Crippen LogP contribution is 2.26. The van der Waals surface area contributed by atoms with E-state index in [-0.39, 0.29) is 12.6 Å². The van der Waals surface area contributed by atoms with Crippen molar-refractivity contribution in [2.45, 2.75) is 64.9 Å². The summed E-state index contributed by atoms with van der Waals surface area (Å²) in [6.07, 6.45) is 7.44. The molecule has 0 saturated heterocycles. The summed E-state index contributed by atoms with van der Waals surface area (Å²) >= 11 is 0. The molecular weight excluding hydrogens is 370 g/mol. The van der Waals surface area contributed by atoms with Crippen LogP contribution in [0.3, 0.4) is 0 Å². The molecule has 1 fully saturated rings. The van der Waals surface area contributed by atoms with Crippen molar-refractivity contribution in [2.75, 3.05) is 20.2 Å². The third kappa shape index (κ3) is 7.12. The number of alkyl carbamates (subject to hydrolysis) is 1. The van der Waals surface area contributed by atoms with E-state index in [1.54, 1.807) is 7.05 Å². The Hall–Kier alpha value is -2.48.